The monoisotopic (exact) mass is 363 g/mol. The number of methoxy groups -OCH3 is 2. The molecule has 6 heteroatoms. The number of halogens is 1. The molecule has 0 saturated carbocycles. The maximum absolute atomic E-state index is 12.4. The summed E-state index contributed by atoms with van der Waals surface area (Å²) < 4.78 is 16.0. The summed E-state index contributed by atoms with van der Waals surface area (Å²) in [7, 11) is 3.03. The molecule has 0 atom stereocenters. The molecule has 0 spiro atoms. The SMILES string of the molecule is COc1cc(OC)c(NC(=O)c2ccc(OCC(C)C)cc2)cc1Cl. The predicted molar refractivity (Wildman–Crippen MR) is 99.3 cm³/mol. The minimum Gasteiger partial charge on any atom is -0.495 e. The van der Waals surface area contributed by atoms with Crippen molar-refractivity contribution < 1.29 is 19.0 Å². The minimum absolute atomic E-state index is 0.269. The molecule has 0 unspecified atom stereocenters. The Morgan fingerprint density at radius 3 is 2.28 bits per heavy atom. The standard InChI is InChI=1S/C19H22ClNO4/c1-12(2)11-25-14-7-5-13(6-8-14)19(22)21-16-9-15(20)17(23-3)10-18(16)24-4/h5-10,12H,11H2,1-4H3,(H,21,22). The third kappa shape index (κ3) is 5.03. The molecule has 0 aliphatic carbocycles. The van der Waals surface area contributed by atoms with Gasteiger partial charge in [-0.2, -0.15) is 0 Å². The average molecular weight is 364 g/mol. The fourth-order valence-electron chi connectivity index (χ4n) is 2.12. The number of carbonyl (C=O) groups is 1. The van der Waals surface area contributed by atoms with E-state index in [4.69, 9.17) is 25.8 Å². The lowest BCUT2D eigenvalue weighted by Gasteiger charge is -2.13. The van der Waals surface area contributed by atoms with Gasteiger partial charge in [0.15, 0.2) is 0 Å². The van der Waals surface area contributed by atoms with Gasteiger partial charge in [0.25, 0.3) is 5.91 Å². The molecule has 1 N–H and O–H groups in total. The summed E-state index contributed by atoms with van der Waals surface area (Å²) in [5, 5.41) is 3.18. The summed E-state index contributed by atoms with van der Waals surface area (Å²) in [5.41, 5.74) is 0.976. The van der Waals surface area contributed by atoms with E-state index < -0.39 is 0 Å². The van der Waals surface area contributed by atoms with Crippen molar-refractivity contribution in [3.8, 4) is 17.2 Å². The first-order valence-corrected chi connectivity index (χ1v) is 8.28. The zero-order valence-corrected chi connectivity index (χ0v) is 15.5. The highest BCUT2D eigenvalue weighted by Gasteiger charge is 2.14. The molecule has 2 rings (SSSR count). The van der Waals surface area contributed by atoms with Crippen LogP contribution in [0, 0.1) is 5.92 Å². The van der Waals surface area contributed by atoms with E-state index in [1.54, 1.807) is 36.4 Å². The summed E-state index contributed by atoms with van der Waals surface area (Å²) in [6.07, 6.45) is 0. The first kappa shape index (κ1) is 18.9. The number of amides is 1. The molecular weight excluding hydrogens is 342 g/mol. The number of hydrogen-bond donors (Lipinski definition) is 1. The van der Waals surface area contributed by atoms with Crippen molar-refractivity contribution in [1.82, 2.24) is 0 Å². The molecule has 0 aromatic heterocycles. The van der Waals surface area contributed by atoms with Gasteiger partial charge in [-0.05, 0) is 36.2 Å². The van der Waals surface area contributed by atoms with Crippen molar-refractivity contribution in [2.45, 2.75) is 13.8 Å². The number of benzene rings is 2. The van der Waals surface area contributed by atoms with Gasteiger partial charge >= 0.3 is 0 Å². The molecule has 0 aliphatic rings. The van der Waals surface area contributed by atoms with Crippen molar-refractivity contribution in [1.29, 1.82) is 0 Å². The smallest absolute Gasteiger partial charge is 0.255 e. The number of carbonyl (C=O) groups excluding carboxylic acids is 1. The van der Waals surface area contributed by atoms with Crippen LogP contribution in [0.4, 0.5) is 5.69 Å². The van der Waals surface area contributed by atoms with E-state index in [1.807, 2.05) is 0 Å². The van der Waals surface area contributed by atoms with Gasteiger partial charge in [-0.25, -0.2) is 0 Å². The lowest BCUT2D eigenvalue weighted by molar-refractivity contribution is 0.102. The van der Waals surface area contributed by atoms with Gasteiger partial charge in [0.2, 0.25) is 0 Å². The molecule has 5 nitrogen and oxygen atoms in total. The summed E-state index contributed by atoms with van der Waals surface area (Å²) in [5.74, 6) is 1.84. The quantitative estimate of drug-likeness (QED) is 0.778. The van der Waals surface area contributed by atoms with Crippen LogP contribution in [0.3, 0.4) is 0 Å². The van der Waals surface area contributed by atoms with Crippen LogP contribution in [0.15, 0.2) is 36.4 Å². The number of nitrogens with one attached hydrogen (secondary N) is 1. The van der Waals surface area contributed by atoms with Crippen molar-refractivity contribution in [2.24, 2.45) is 5.92 Å². The second-order valence-electron chi connectivity index (χ2n) is 5.87. The van der Waals surface area contributed by atoms with Crippen molar-refractivity contribution in [2.75, 3.05) is 26.1 Å². The Hall–Kier alpha value is -2.40. The first-order chi connectivity index (χ1) is 11.9. The van der Waals surface area contributed by atoms with Gasteiger partial charge in [0.05, 0.1) is 31.5 Å². The highest BCUT2D eigenvalue weighted by molar-refractivity contribution is 6.32. The van der Waals surface area contributed by atoms with Crippen LogP contribution >= 0.6 is 11.6 Å². The molecule has 0 heterocycles. The van der Waals surface area contributed by atoms with Gasteiger partial charge < -0.3 is 19.5 Å². The Kier molecular flexibility index (Phi) is 6.53. The fraction of sp³-hybridized carbons (Fsp3) is 0.316. The van der Waals surface area contributed by atoms with E-state index in [1.165, 1.54) is 14.2 Å². The Balaban J connectivity index is 2.13. The average Bonchev–Trinajstić information content (AvgIpc) is 2.60. The second kappa shape index (κ2) is 8.62. The van der Waals surface area contributed by atoms with E-state index in [0.29, 0.717) is 40.3 Å². The van der Waals surface area contributed by atoms with Gasteiger partial charge in [0, 0.05) is 11.6 Å². The van der Waals surface area contributed by atoms with Crippen LogP contribution in [0.2, 0.25) is 5.02 Å². The van der Waals surface area contributed by atoms with Crippen molar-refractivity contribution >= 4 is 23.2 Å². The zero-order chi connectivity index (χ0) is 18.4. The Labute approximate surface area is 152 Å². The zero-order valence-electron chi connectivity index (χ0n) is 14.8. The lowest BCUT2D eigenvalue weighted by atomic mass is 10.2. The van der Waals surface area contributed by atoms with Crippen LogP contribution in [0.1, 0.15) is 24.2 Å². The van der Waals surface area contributed by atoms with E-state index in [2.05, 4.69) is 19.2 Å². The lowest BCUT2D eigenvalue weighted by Crippen LogP contribution is -2.13. The summed E-state index contributed by atoms with van der Waals surface area (Å²) in [6, 6.07) is 10.2. The van der Waals surface area contributed by atoms with Crippen LogP contribution in [-0.2, 0) is 0 Å². The predicted octanol–water partition coefficient (Wildman–Crippen LogP) is 4.64. The molecule has 0 aliphatic heterocycles. The number of ether oxygens (including phenoxy) is 3. The van der Waals surface area contributed by atoms with E-state index >= 15 is 0 Å². The Bertz CT molecular complexity index is 729. The minimum atomic E-state index is -0.269. The van der Waals surface area contributed by atoms with Gasteiger partial charge in [-0.3, -0.25) is 4.79 Å². The highest BCUT2D eigenvalue weighted by atomic mass is 35.5. The molecule has 25 heavy (non-hydrogen) atoms. The third-order valence-corrected chi connectivity index (χ3v) is 3.72. The van der Waals surface area contributed by atoms with Gasteiger partial charge in [0.1, 0.15) is 17.2 Å². The molecule has 2 aromatic rings. The van der Waals surface area contributed by atoms with Crippen LogP contribution in [0.5, 0.6) is 17.2 Å². The molecule has 0 radical (unpaired) electrons. The maximum Gasteiger partial charge on any atom is 0.255 e. The third-order valence-electron chi connectivity index (χ3n) is 3.42. The molecule has 0 saturated heterocycles. The molecule has 0 fully saturated rings. The molecule has 1 amide bonds. The summed E-state index contributed by atoms with van der Waals surface area (Å²) >= 11 is 6.12. The van der Waals surface area contributed by atoms with Crippen LogP contribution in [0.25, 0.3) is 0 Å². The molecule has 134 valence electrons. The van der Waals surface area contributed by atoms with Crippen molar-refractivity contribution in [3.63, 3.8) is 0 Å². The summed E-state index contributed by atoms with van der Waals surface area (Å²) in [6.45, 7) is 4.79. The largest absolute Gasteiger partial charge is 0.495 e. The number of hydrogen-bond acceptors (Lipinski definition) is 4. The maximum atomic E-state index is 12.4. The molecular formula is C19H22ClNO4. The summed E-state index contributed by atoms with van der Waals surface area (Å²) in [4.78, 5) is 12.4. The van der Waals surface area contributed by atoms with E-state index in [0.717, 1.165) is 5.75 Å². The Morgan fingerprint density at radius 2 is 1.72 bits per heavy atom. The van der Waals surface area contributed by atoms with Crippen LogP contribution < -0.4 is 19.5 Å². The van der Waals surface area contributed by atoms with Crippen LogP contribution in [-0.4, -0.2) is 26.7 Å². The number of rotatable bonds is 7. The normalized spacial score (nSPS) is 10.5. The Morgan fingerprint density at radius 1 is 1.08 bits per heavy atom. The molecule has 0 bridgehead atoms. The molecule has 2 aromatic carbocycles. The topological polar surface area (TPSA) is 56.8 Å². The highest BCUT2D eigenvalue weighted by Crippen LogP contribution is 2.36. The van der Waals surface area contributed by atoms with Gasteiger partial charge in [-0.15, -0.1) is 0 Å². The van der Waals surface area contributed by atoms with E-state index in [9.17, 15) is 4.79 Å². The van der Waals surface area contributed by atoms with Gasteiger partial charge in [-0.1, -0.05) is 25.4 Å². The van der Waals surface area contributed by atoms with E-state index in [-0.39, 0.29) is 5.91 Å². The first-order valence-electron chi connectivity index (χ1n) is 7.90. The second-order valence-corrected chi connectivity index (χ2v) is 6.28. The van der Waals surface area contributed by atoms with Crippen molar-refractivity contribution in [3.05, 3.63) is 47.0 Å². The number of anilines is 1. The fourth-order valence-corrected chi connectivity index (χ4v) is 2.36.